The van der Waals surface area contributed by atoms with Crippen molar-refractivity contribution in [2.45, 2.75) is 45.8 Å². The fourth-order valence-electron chi connectivity index (χ4n) is 6.04. The standard InChI is InChI=1S/C35H37FN4O4.C2H6/c1-4-6-10-25(5-2)22-38-24-33(41)39-31(21-28-13-9-12-27-11-7-8-14-30(27)28)34(42)37(23-32(39)40(38)35(43)44-3)20-19-26-15-17-29(36)18-16-26;1-2/h4-18,31-32H,1,19-24H2,2-3H3;1-2H3/b10-6-,25-5+;. The van der Waals surface area contributed by atoms with E-state index in [1.54, 1.807) is 39.1 Å². The summed E-state index contributed by atoms with van der Waals surface area (Å²) in [6, 6.07) is 19.2. The van der Waals surface area contributed by atoms with E-state index >= 15 is 0 Å². The number of halogens is 1. The molecule has 2 saturated heterocycles. The van der Waals surface area contributed by atoms with Gasteiger partial charge in [-0.2, -0.15) is 5.01 Å². The molecule has 0 radical (unpaired) electrons. The summed E-state index contributed by atoms with van der Waals surface area (Å²) in [4.78, 5) is 44.8. The summed E-state index contributed by atoms with van der Waals surface area (Å²) in [5, 5.41) is 5.20. The van der Waals surface area contributed by atoms with Crippen molar-refractivity contribution in [2.24, 2.45) is 0 Å². The molecule has 0 N–H and O–H groups in total. The number of rotatable bonds is 9. The Morgan fingerprint density at radius 3 is 2.46 bits per heavy atom. The van der Waals surface area contributed by atoms with Crippen molar-refractivity contribution in [3.63, 3.8) is 0 Å². The fourth-order valence-corrected chi connectivity index (χ4v) is 6.04. The van der Waals surface area contributed by atoms with E-state index in [0.29, 0.717) is 13.0 Å². The lowest BCUT2D eigenvalue weighted by Gasteiger charge is -2.54. The average Bonchev–Trinajstić information content (AvgIpc) is 3.08. The highest BCUT2D eigenvalue weighted by molar-refractivity contribution is 5.92. The zero-order valence-electron chi connectivity index (χ0n) is 27.1. The van der Waals surface area contributed by atoms with Gasteiger partial charge in [-0.15, -0.1) is 0 Å². The van der Waals surface area contributed by atoms with Crippen molar-refractivity contribution in [3.05, 3.63) is 120 Å². The molecule has 2 aliphatic rings. The Hall–Kier alpha value is -4.76. The van der Waals surface area contributed by atoms with Crippen molar-refractivity contribution in [1.29, 1.82) is 0 Å². The number of nitrogens with zero attached hydrogens (tertiary/aromatic N) is 4. The van der Waals surface area contributed by atoms with Crippen molar-refractivity contribution in [1.82, 2.24) is 19.8 Å². The smallest absolute Gasteiger partial charge is 0.426 e. The largest absolute Gasteiger partial charge is 0.452 e. The molecular formula is C37H43FN4O4. The van der Waals surface area contributed by atoms with E-state index in [-0.39, 0.29) is 43.7 Å². The van der Waals surface area contributed by atoms with Crippen LogP contribution in [0.25, 0.3) is 10.8 Å². The third kappa shape index (κ3) is 7.54. The molecular weight excluding hydrogens is 583 g/mol. The Morgan fingerprint density at radius 2 is 1.76 bits per heavy atom. The van der Waals surface area contributed by atoms with E-state index in [0.717, 1.165) is 27.5 Å². The van der Waals surface area contributed by atoms with Crippen molar-refractivity contribution in [2.75, 3.05) is 33.3 Å². The first-order chi connectivity index (χ1) is 22.3. The minimum Gasteiger partial charge on any atom is -0.452 e. The van der Waals surface area contributed by atoms with Gasteiger partial charge in [-0.05, 0) is 52.9 Å². The number of benzene rings is 3. The Morgan fingerprint density at radius 1 is 1.04 bits per heavy atom. The topological polar surface area (TPSA) is 73.4 Å². The second-order valence-electron chi connectivity index (χ2n) is 10.9. The van der Waals surface area contributed by atoms with Crippen LogP contribution in [0, 0.1) is 5.82 Å². The van der Waals surface area contributed by atoms with Crippen LogP contribution in [0.5, 0.6) is 0 Å². The highest BCUT2D eigenvalue weighted by Crippen LogP contribution is 2.31. The SMILES string of the molecule is C=C/C=C\C(=C/C)CN1CC(=O)N2C(Cc3cccc4ccccc34)C(=O)N(CCc3ccc(F)cc3)CC2N1C(=O)OC.CC. The highest BCUT2D eigenvalue weighted by atomic mass is 19.1. The van der Waals surface area contributed by atoms with Gasteiger partial charge in [0.25, 0.3) is 0 Å². The minimum atomic E-state index is -0.837. The van der Waals surface area contributed by atoms with Crippen LogP contribution in [0.4, 0.5) is 9.18 Å². The monoisotopic (exact) mass is 626 g/mol. The molecule has 0 aromatic heterocycles. The summed E-state index contributed by atoms with van der Waals surface area (Å²) >= 11 is 0. The maximum atomic E-state index is 14.2. The van der Waals surface area contributed by atoms with Crippen LogP contribution in [0.1, 0.15) is 31.9 Å². The lowest BCUT2D eigenvalue weighted by atomic mass is 9.94. The number of fused-ring (bicyclic) bond motifs is 2. The van der Waals surface area contributed by atoms with Gasteiger partial charge in [-0.25, -0.2) is 14.2 Å². The zero-order chi connectivity index (χ0) is 33.2. The van der Waals surface area contributed by atoms with Crippen molar-refractivity contribution >= 4 is 28.7 Å². The van der Waals surface area contributed by atoms with Crippen LogP contribution in [-0.2, 0) is 27.2 Å². The second-order valence-corrected chi connectivity index (χ2v) is 10.9. The normalized spacial score (nSPS) is 18.8. The Bertz CT molecular complexity index is 1600. The van der Waals surface area contributed by atoms with Gasteiger partial charge in [0.2, 0.25) is 11.8 Å². The quantitative estimate of drug-likeness (QED) is 0.267. The maximum Gasteiger partial charge on any atom is 0.426 e. The molecule has 9 heteroatoms. The van der Waals surface area contributed by atoms with Gasteiger partial charge >= 0.3 is 6.09 Å². The molecule has 2 heterocycles. The molecule has 8 nitrogen and oxygen atoms in total. The lowest BCUT2D eigenvalue weighted by molar-refractivity contribution is -0.192. The molecule has 0 saturated carbocycles. The van der Waals surface area contributed by atoms with Crippen molar-refractivity contribution < 1.29 is 23.5 Å². The van der Waals surface area contributed by atoms with Crippen molar-refractivity contribution in [3.8, 4) is 0 Å². The van der Waals surface area contributed by atoms with Gasteiger partial charge < -0.3 is 14.5 Å². The number of hydrogen-bond acceptors (Lipinski definition) is 5. The molecule has 5 rings (SSSR count). The summed E-state index contributed by atoms with van der Waals surface area (Å²) in [6.45, 7) is 10.2. The summed E-state index contributed by atoms with van der Waals surface area (Å²) < 4.78 is 18.8. The lowest BCUT2D eigenvalue weighted by Crippen LogP contribution is -2.76. The number of ether oxygens (including phenoxy) is 1. The molecule has 242 valence electrons. The van der Waals surface area contributed by atoms with E-state index in [1.807, 2.05) is 75.4 Å². The van der Waals surface area contributed by atoms with E-state index in [2.05, 4.69) is 6.58 Å². The van der Waals surface area contributed by atoms with E-state index in [4.69, 9.17) is 4.74 Å². The average molecular weight is 627 g/mol. The predicted octanol–water partition coefficient (Wildman–Crippen LogP) is 6.14. The van der Waals surface area contributed by atoms with E-state index in [1.165, 1.54) is 24.3 Å². The molecule has 2 fully saturated rings. The number of amides is 3. The van der Waals surface area contributed by atoms with Crippen LogP contribution in [0.2, 0.25) is 0 Å². The third-order valence-electron chi connectivity index (χ3n) is 8.25. The van der Waals surface area contributed by atoms with E-state index in [9.17, 15) is 18.8 Å². The van der Waals surface area contributed by atoms with Crippen LogP contribution in [0.3, 0.4) is 0 Å². The van der Waals surface area contributed by atoms with Crippen LogP contribution in [-0.4, -0.2) is 83.2 Å². The maximum absolute atomic E-state index is 14.2. The Balaban J connectivity index is 0.00000235. The van der Waals surface area contributed by atoms with Crippen LogP contribution in [0.15, 0.2) is 103 Å². The number of piperazine rings is 1. The van der Waals surface area contributed by atoms with Gasteiger partial charge in [0.1, 0.15) is 18.0 Å². The molecule has 3 aromatic carbocycles. The fraction of sp³-hybridized carbons (Fsp3) is 0.324. The molecule has 2 aliphatic heterocycles. The molecule has 2 unspecified atom stereocenters. The first-order valence-corrected chi connectivity index (χ1v) is 15.7. The van der Waals surface area contributed by atoms with E-state index < -0.39 is 18.3 Å². The van der Waals surface area contributed by atoms with Gasteiger partial charge in [-0.3, -0.25) is 9.59 Å². The zero-order valence-corrected chi connectivity index (χ0v) is 27.1. The number of hydrazine groups is 1. The Kier molecular flexibility index (Phi) is 11.9. The molecule has 0 bridgehead atoms. The highest BCUT2D eigenvalue weighted by Gasteiger charge is 2.51. The van der Waals surface area contributed by atoms with Gasteiger partial charge in [0, 0.05) is 19.5 Å². The summed E-state index contributed by atoms with van der Waals surface area (Å²) in [5.74, 6) is -0.757. The van der Waals surface area contributed by atoms with Gasteiger partial charge in [-0.1, -0.05) is 99.3 Å². The molecule has 46 heavy (non-hydrogen) atoms. The molecule has 3 aromatic rings. The van der Waals surface area contributed by atoms with Gasteiger partial charge in [0.15, 0.2) is 0 Å². The number of allylic oxidation sites excluding steroid dienone is 3. The molecule has 3 amide bonds. The van der Waals surface area contributed by atoms with Crippen LogP contribution >= 0.6 is 0 Å². The van der Waals surface area contributed by atoms with Gasteiger partial charge in [0.05, 0.1) is 20.2 Å². The molecule has 2 atom stereocenters. The number of carbonyl (C=O) groups excluding carboxylic acids is 3. The number of methoxy groups -OCH3 is 1. The minimum absolute atomic E-state index is 0.0975. The first kappa shape index (κ1) is 34.1. The first-order valence-electron chi connectivity index (χ1n) is 15.7. The predicted molar refractivity (Wildman–Crippen MR) is 179 cm³/mol. The third-order valence-corrected chi connectivity index (χ3v) is 8.25. The van der Waals surface area contributed by atoms with Crippen LogP contribution < -0.4 is 0 Å². The Labute approximate surface area is 271 Å². The molecule has 0 aliphatic carbocycles. The number of carbonyl (C=O) groups is 3. The second kappa shape index (κ2) is 16.0. The summed E-state index contributed by atoms with van der Waals surface area (Å²) in [6.07, 6.45) is 6.62. The summed E-state index contributed by atoms with van der Waals surface area (Å²) in [7, 11) is 1.31. The number of hydrogen-bond donors (Lipinski definition) is 0. The summed E-state index contributed by atoms with van der Waals surface area (Å²) in [5.41, 5.74) is 2.70. The molecule has 0 spiro atoms.